The minimum atomic E-state index is -0.520. The number of halogens is 1. The zero-order valence-electron chi connectivity index (χ0n) is 11.3. The summed E-state index contributed by atoms with van der Waals surface area (Å²) in [5.41, 5.74) is 0.538. The van der Waals surface area contributed by atoms with Crippen molar-refractivity contribution in [1.29, 1.82) is 10.5 Å². The highest BCUT2D eigenvalue weighted by atomic mass is 79.9. The van der Waals surface area contributed by atoms with E-state index < -0.39 is 5.97 Å². The van der Waals surface area contributed by atoms with Crippen LogP contribution in [0.5, 0.6) is 11.5 Å². The van der Waals surface area contributed by atoms with E-state index in [0.717, 1.165) is 0 Å². The Kier molecular flexibility index (Phi) is 6.25. The fraction of sp³-hybridized carbons (Fsp3) is 0.214. The number of hydrogen-bond acceptors (Lipinski definition) is 6. The summed E-state index contributed by atoms with van der Waals surface area (Å²) in [5.74, 6) is 0.180. The highest BCUT2D eigenvalue weighted by Gasteiger charge is 2.12. The number of nitriles is 2. The van der Waals surface area contributed by atoms with Crippen LogP contribution in [0.15, 0.2) is 22.2 Å². The molecule has 7 heteroatoms. The lowest BCUT2D eigenvalue weighted by Crippen LogP contribution is -2.13. The maximum absolute atomic E-state index is 11.1. The molecule has 0 unspecified atom stereocenters. The van der Waals surface area contributed by atoms with Crippen molar-refractivity contribution in [3.05, 3.63) is 27.7 Å². The Morgan fingerprint density at radius 3 is 2.48 bits per heavy atom. The molecule has 108 valence electrons. The second-order valence-corrected chi connectivity index (χ2v) is 4.53. The molecule has 21 heavy (non-hydrogen) atoms. The Morgan fingerprint density at radius 2 is 1.95 bits per heavy atom. The van der Waals surface area contributed by atoms with Crippen LogP contribution in [0.1, 0.15) is 5.56 Å². The van der Waals surface area contributed by atoms with Gasteiger partial charge in [-0.3, -0.25) is 0 Å². The first-order valence-electron chi connectivity index (χ1n) is 5.64. The highest BCUT2D eigenvalue weighted by molar-refractivity contribution is 9.10. The zero-order chi connectivity index (χ0) is 15.8. The number of allylic oxidation sites excluding steroid dienone is 1. The van der Waals surface area contributed by atoms with Gasteiger partial charge >= 0.3 is 5.97 Å². The van der Waals surface area contributed by atoms with E-state index in [0.29, 0.717) is 21.5 Å². The summed E-state index contributed by atoms with van der Waals surface area (Å²) < 4.78 is 15.5. The highest BCUT2D eigenvalue weighted by Crippen LogP contribution is 2.34. The first-order valence-corrected chi connectivity index (χ1v) is 6.44. The molecule has 0 N–H and O–H groups in total. The predicted octanol–water partition coefficient (Wildman–Crippen LogP) is 2.44. The number of benzene rings is 1. The molecule has 0 aliphatic heterocycles. The van der Waals surface area contributed by atoms with Crippen LogP contribution in [-0.4, -0.2) is 26.8 Å². The summed E-state index contributed by atoms with van der Waals surface area (Å²) in [6.07, 6.45) is 1.41. The Labute approximate surface area is 130 Å². The molecule has 1 aromatic rings. The molecule has 0 aromatic heterocycles. The molecule has 0 heterocycles. The number of carbonyl (C=O) groups is 1. The van der Waals surface area contributed by atoms with Gasteiger partial charge in [-0.1, -0.05) is 15.9 Å². The standard InChI is InChI=1S/C14H11BrN2O4/c1-19-12-4-10(3-9(6-16)7-17)11(15)5-13(12)21-8-14(18)20-2/h3-5H,8H2,1-2H3. The van der Waals surface area contributed by atoms with Crippen LogP contribution in [0.4, 0.5) is 0 Å². The first-order chi connectivity index (χ1) is 10.0. The molecule has 0 amide bonds. The maximum atomic E-state index is 11.1. The third-order valence-corrected chi connectivity index (χ3v) is 3.08. The number of carbonyl (C=O) groups excluding carboxylic acids is 1. The average molecular weight is 351 g/mol. The molecule has 1 rings (SSSR count). The van der Waals surface area contributed by atoms with Crippen LogP contribution < -0.4 is 9.47 Å². The van der Waals surface area contributed by atoms with Crippen molar-refractivity contribution in [2.75, 3.05) is 20.8 Å². The van der Waals surface area contributed by atoms with Crippen molar-refractivity contribution in [1.82, 2.24) is 0 Å². The second-order valence-electron chi connectivity index (χ2n) is 3.67. The second kappa shape index (κ2) is 7.93. The number of nitrogens with zero attached hydrogens (tertiary/aromatic N) is 2. The molecular weight excluding hydrogens is 340 g/mol. The normalized spacial score (nSPS) is 9.00. The van der Waals surface area contributed by atoms with Crippen molar-refractivity contribution in [2.24, 2.45) is 0 Å². The fourth-order valence-electron chi connectivity index (χ4n) is 1.37. The maximum Gasteiger partial charge on any atom is 0.343 e. The Morgan fingerprint density at radius 1 is 1.29 bits per heavy atom. The van der Waals surface area contributed by atoms with Crippen LogP contribution in [0.3, 0.4) is 0 Å². The third-order valence-electron chi connectivity index (χ3n) is 2.40. The molecular formula is C14H11BrN2O4. The summed E-state index contributed by atoms with van der Waals surface area (Å²) in [6, 6.07) is 6.72. The van der Waals surface area contributed by atoms with Crippen molar-refractivity contribution >= 4 is 28.0 Å². The lowest BCUT2D eigenvalue weighted by atomic mass is 10.1. The minimum absolute atomic E-state index is 0.0408. The Balaban J connectivity index is 3.14. The van der Waals surface area contributed by atoms with Gasteiger partial charge in [0.15, 0.2) is 18.1 Å². The lowest BCUT2D eigenvalue weighted by molar-refractivity contribution is -0.142. The van der Waals surface area contributed by atoms with Crippen LogP contribution in [-0.2, 0) is 9.53 Å². The van der Waals surface area contributed by atoms with Gasteiger partial charge in [0.05, 0.1) is 14.2 Å². The Hall–Kier alpha value is -2.51. The SMILES string of the molecule is COC(=O)COc1cc(Br)c(C=C(C#N)C#N)cc1OC. The van der Waals surface area contributed by atoms with Gasteiger partial charge in [-0.15, -0.1) is 0 Å². The quantitative estimate of drug-likeness (QED) is 0.598. The Bertz CT molecular complexity index is 640. The number of hydrogen-bond donors (Lipinski definition) is 0. The van der Waals surface area contributed by atoms with Crippen molar-refractivity contribution in [3.63, 3.8) is 0 Å². The molecule has 0 saturated heterocycles. The van der Waals surface area contributed by atoms with Crippen molar-refractivity contribution in [2.45, 2.75) is 0 Å². The number of esters is 1. The van der Waals surface area contributed by atoms with Gasteiger partial charge in [0.1, 0.15) is 17.7 Å². The molecule has 0 atom stereocenters. The van der Waals surface area contributed by atoms with E-state index in [1.807, 2.05) is 0 Å². The lowest BCUT2D eigenvalue weighted by Gasteiger charge is -2.12. The van der Waals surface area contributed by atoms with Gasteiger partial charge in [0.2, 0.25) is 0 Å². The van der Waals surface area contributed by atoms with Crippen molar-refractivity contribution in [3.8, 4) is 23.6 Å². The average Bonchev–Trinajstić information content (AvgIpc) is 2.51. The molecule has 0 spiro atoms. The molecule has 1 aromatic carbocycles. The van der Waals surface area contributed by atoms with Gasteiger partial charge < -0.3 is 14.2 Å². The van der Waals surface area contributed by atoms with Gasteiger partial charge in [0, 0.05) is 4.47 Å². The molecule has 6 nitrogen and oxygen atoms in total. The van der Waals surface area contributed by atoms with E-state index in [1.54, 1.807) is 24.3 Å². The largest absolute Gasteiger partial charge is 0.493 e. The smallest absolute Gasteiger partial charge is 0.343 e. The summed E-state index contributed by atoms with van der Waals surface area (Å²) in [5, 5.41) is 17.5. The van der Waals surface area contributed by atoms with Crippen LogP contribution >= 0.6 is 15.9 Å². The summed E-state index contributed by atoms with van der Waals surface area (Å²) in [4.78, 5) is 11.1. The van der Waals surface area contributed by atoms with Gasteiger partial charge in [-0.2, -0.15) is 10.5 Å². The van der Waals surface area contributed by atoms with Gasteiger partial charge in [-0.25, -0.2) is 4.79 Å². The molecule has 0 saturated carbocycles. The topological polar surface area (TPSA) is 92.3 Å². The molecule has 0 aliphatic carbocycles. The number of ether oxygens (including phenoxy) is 3. The van der Waals surface area contributed by atoms with E-state index in [1.165, 1.54) is 20.3 Å². The first kappa shape index (κ1) is 16.5. The van der Waals surface area contributed by atoms with E-state index in [-0.39, 0.29) is 12.2 Å². The fourth-order valence-corrected chi connectivity index (χ4v) is 1.81. The monoisotopic (exact) mass is 350 g/mol. The van der Waals surface area contributed by atoms with Crippen LogP contribution in [0.25, 0.3) is 6.08 Å². The van der Waals surface area contributed by atoms with Crippen LogP contribution in [0.2, 0.25) is 0 Å². The number of rotatable bonds is 5. The van der Waals surface area contributed by atoms with E-state index in [9.17, 15) is 4.79 Å². The minimum Gasteiger partial charge on any atom is -0.493 e. The van der Waals surface area contributed by atoms with E-state index >= 15 is 0 Å². The van der Waals surface area contributed by atoms with Crippen LogP contribution in [0, 0.1) is 22.7 Å². The molecule has 0 fully saturated rings. The summed E-state index contributed by atoms with van der Waals surface area (Å²) >= 11 is 3.31. The third kappa shape index (κ3) is 4.51. The van der Waals surface area contributed by atoms with Gasteiger partial charge in [0.25, 0.3) is 0 Å². The predicted molar refractivity (Wildman–Crippen MR) is 77.4 cm³/mol. The van der Waals surface area contributed by atoms with Crippen molar-refractivity contribution < 1.29 is 19.0 Å². The van der Waals surface area contributed by atoms with Gasteiger partial charge in [-0.05, 0) is 23.8 Å². The summed E-state index contributed by atoms with van der Waals surface area (Å²) in [6.45, 7) is -0.254. The number of methoxy groups -OCH3 is 2. The molecule has 0 aliphatic rings. The molecule has 0 bridgehead atoms. The zero-order valence-corrected chi connectivity index (χ0v) is 12.9. The summed E-state index contributed by atoms with van der Waals surface area (Å²) in [7, 11) is 2.70. The van der Waals surface area contributed by atoms with E-state index in [4.69, 9.17) is 20.0 Å². The van der Waals surface area contributed by atoms with E-state index in [2.05, 4.69) is 20.7 Å². The molecule has 0 radical (unpaired) electrons.